The van der Waals surface area contributed by atoms with E-state index in [0.717, 1.165) is 31.3 Å². The first kappa shape index (κ1) is 24.1. The van der Waals surface area contributed by atoms with E-state index in [-0.39, 0.29) is 0 Å². The molecule has 0 amide bonds. The van der Waals surface area contributed by atoms with Gasteiger partial charge in [0, 0.05) is 6.67 Å². The van der Waals surface area contributed by atoms with Crippen molar-refractivity contribution in [2.75, 3.05) is 20.8 Å². The minimum atomic E-state index is 0.889. The lowest BCUT2D eigenvalue weighted by Crippen LogP contribution is -2.21. The van der Waals surface area contributed by atoms with Gasteiger partial charge in [0.2, 0.25) is 0 Å². The molecule has 0 unspecified atom stereocenters. The van der Waals surface area contributed by atoms with Gasteiger partial charge in [0.05, 0.1) is 0 Å². The number of aryl methyl sites for hydroxylation is 2. The topological polar surface area (TPSA) is 24.1 Å². The van der Waals surface area contributed by atoms with E-state index >= 15 is 0 Å². The minimum absolute atomic E-state index is 0.889. The summed E-state index contributed by atoms with van der Waals surface area (Å²) in [5.74, 6) is 2.14. The molecule has 2 nitrogen and oxygen atoms in total. The molecule has 0 radical (unpaired) electrons. The van der Waals surface area contributed by atoms with Crippen LogP contribution in [-0.2, 0) is 12.8 Å². The average Bonchev–Trinajstić information content (AvgIpc) is 2.69. The fourth-order valence-electron chi connectivity index (χ4n) is 3.24. The molecule has 1 aromatic rings. The molecule has 146 valence electrons. The van der Waals surface area contributed by atoms with Crippen molar-refractivity contribution in [1.82, 2.24) is 10.6 Å². The maximum atomic E-state index is 2.91. The summed E-state index contributed by atoms with van der Waals surface area (Å²) in [6, 6.07) is 8.83. The minimum Gasteiger partial charge on any atom is -0.308 e. The van der Waals surface area contributed by atoms with Gasteiger partial charge in [-0.25, -0.2) is 0 Å². The van der Waals surface area contributed by atoms with Crippen molar-refractivity contribution in [1.29, 1.82) is 0 Å². The van der Waals surface area contributed by atoms with Gasteiger partial charge in [-0.1, -0.05) is 90.5 Å². The first-order chi connectivity index (χ1) is 12.1. The van der Waals surface area contributed by atoms with E-state index in [1.807, 2.05) is 14.1 Å². The highest BCUT2D eigenvalue weighted by atomic mass is 15.0. The summed E-state index contributed by atoms with van der Waals surface area (Å²) in [7, 11) is 3.80. The normalized spacial score (nSPS) is 19.3. The highest BCUT2D eigenvalue weighted by Gasteiger charge is 2.17. The van der Waals surface area contributed by atoms with E-state index in [2.05, 4.69) is 62.6 Å². The molecular weight excluding hydrogens is 304 g/mol. The highest BCUT2D eigenvalue weighted by molar-refractivity contribution is 5.22. The van der Waals surface area contributed by atoms with Crippen molar-refractivity contribution < 1.29 is 0 Å². The second-order valence-electron chi connectivity index (χ2n) is 7.11. The molecular formula is C23H44N2. The SMILES string of the molecule is CCC1CCC(CC)CC1.CCc1ccc(CC)cc1.CNCNC. The third-order valence-corrected chi connectivity index (χ3v) is 5.31. The quantitative estimate of drug-likeness (QED) is 0.634. The molecule has 0 aliphatic heterocycles. The fourth-order valence-corrected chi connectivity index (χ4v) is 3.24. The van der Waals surface area contributed by atoms with Crippen LogP contribution in [0.3, 0.4) is 0 Å². The first-order valence-corrected chi connectivity index (χ1v) is 10.5. The van der Waals surface area contributed by atoms with Crippen LogP contribution in [0.15, 0.2) is 24.3 Å². The molecule has 0 atom stereocenters. The predicted molar refractivity (Wildman–Crippen MR) is 114 cm³/mol. The Kier molecular flexibility index (Phi) is 16.0. The Labute approximate surface area is 158 Å². The summed E-state index contributed by atoms with van der Waals surface area (Å²) in [6.45, 7) is 9.91. The van der Waals surface area contributed by atoms with Crippen LogP contribution < -0.4 is 10.6 Å². The molecule has 25 heavy (non-hydrogen) atoms. The van der Waals surface area contributed by atoms with Crippen LogP contribution >= 0.6 is 0 Å². The third kappa shape index (κ3) is 12.2. The average molecular weight is 349 g/mol. The summed E-state index contributed by atoms with van der Waals surface area (Å²) in [6.07, 6.45) is 11.1. The van der Waals surface area contributed by atoms with Gasteiger partial charge in [-0.15, -0.1) is 0 Å². The van der Waals surface area contributed by atoms with Crippen molar-refractivity contribution in [2.45, 2.75) is 79.1 Å². The zero-order valence-electron chi connectivity index (χ0n) is 17.8. The molecule has 0 saturated heterocycles. The van der Waals surface area contributed by atoms with Crippen molar-refractivity contribution >= 4 is 0 Å². The van der Waals surface area contributed by atoms with Gasteiger partial charge in [-0.3, -0.25) is 0 Å². The van der Waals surface area contributed by atoms with Crippen molar-refractivity contribution in [3.63, 3.8) is 0 Å². The van der Waals surface area contributed by atoms with Crippen LogP contribution in [0, 0.1) is 11.8 Å². The number of hydrogen-bond acceptors (Lipinski definition) is 2. The Bertz CT molecular complexity index is 341. The molecule has 0 aromatic heterocycles. The Hall–Kier alpha value is -0.860. The molecule has 2 N–H and O–H groups in total. The van der Waals surface area contributed by atoms with E-state index < -0.39 is 0 Å². The first-order valence-electron chi connectivity index (χ1n) is 10.5. The summed E-state index contributed by atoms with van der Waals surface area (Å²) in [5, 5.41) is 5.81. The van der Waals surface area contributed by atoms with Crippen LogP contribution in [0.2, 0.25) is 0 Å². The Balaban J connectivity index is 0.000000368. The highest BCUT2D eigenvalue weighted by Crippen LogP contribution is 2.31. The van der Waals surface area contributed by atoms with E-state index in [4.69, 9.17) is 0 Å². The number of rotatable bonds is 6. The smallest absolute Gasteiger partial charge is 0.0449 e. The maximum absolute atomic E-state index is 2.91. The molecule has 1 aromatic carbocycles. The maximum Gasteiger partial charge on any atom is 0.0449 e. The molecule has 0 bridgehead atoms. The Morgan fingerprint density at radius 3 is 1.16 bits per heavy atom. The van der Waals surface area contributed by atoms with E-state index in [1.54, 1.807) is 0 Å². The van der Waals surface area contributed by atoms with Gasteiger partial charge in [0.25, 0.3) is 0 Å². The zero-order chi connectivity index (χ0) is 18.9. The van der Waals surface area contributed by atoms with Crippen molar-refractivity contribution in [3.8, 4) is 0 Å². The van der Waals surface area contributed by atoms with Crippen LogP contribution in [-0.4, -0.2) is 20.8 Å². The second-order valence-corrected chi connectivity index (χ2v) is 7.11. The zero-order valence-corrected chi connectivity index (χ0v) is 17.8. The monoisotopic (exact) mass is 348 g/mol. The molecule has 1 fully saturated rings. The van der Waals surface area contributed by atoms with Gasteiger partial charge in [0.1, 0.15) is 0 Å². The van der Waals surface area contributed by atoms with Gasteiger partial charge >= 0.3 is 0 Å². The van der Waals surface area contributed by atoms with Gasteiger partial charge in [-0.2, -0.15) is 0 Å². The molecule has 1 aliphatic rings. The predicted octanol–water partition coefficient (Wildman–Crippen LogP) is 5.81. The van der Waals surface area contributed by atoms with Crippen LogP contribution in [0.1, 0.15) is 77.3 Å². The van der Waals surface area contributed by atoms with Crippen LogP contribution in [0.4, 0.5) is 0 Å². The molecule has 1 aliphatic carbocycles. The molecule has 1 saturated carbocycles. The second kappa shape index (κ2) is 16.6. The number of benzene rings is 1. The third-order valence-electron chi connectivity index (χ3n) is 5.31. The summed E-state index contributed by atoms with van der Waals surface area (Å²) >= 11 is 0. The van der Waals surface area contributed by atoms with Gasteiger partial charge in [-0.05, 0) is 49.9 Å². The molecule has 0 heterocycles. The van der Waals surface area contributed by atoms with Crippen molar-refractivity contribution in [3.05, 3.63) is 35.4 Å². The van der Waals surface area contributed by atoms with Crippen LogP contribution in [0.25, 0.3) is 0 Å². The summed E-state index contributed by atoms with van der Waals surface area (Å²) in [5.41, 5.74) is 2.86. The number of nitrogens with one attached hydrogen (secondary N) is 2. The molecule has 2 rings (SSSR count). The Morgan fingerprint density at radius 2 is 1.00 bits per heavy atom. The molecule has 2 heteroatoms. The lowest BCUT2D eigenvalue weighted by Gasteiger charge is -2.26. The molecule has 0 spiro atoms. The standard InChI is InChI=1S/C10H20.C10H14.C3H10N2/c2*1-3-9-5-7-10(4-2)8-6-9;1-4-3-5-2/h9-10H,3-8H2,1-2H3;5-8H,3-4H2,1-2H3;4-5H,3H2,1-2H3. The van der Waals surface area contributed by atoms with E-state index in [0.29, 0.717) is 0 Å². The van der Waals surface area contributed by atoms with Gasteiger partial charge in [0.15, 0.2) is 0 Å². The largest absolute Gasteiger partial charge is 0.308 e. The fraction of sp³-hybridized carbons (Fsp3) is 0.739. The summed E-state index contributed by atoms with van der Waals surface area (Å²) < 4.78 is 0. The van der Waals surface area contributed by atoms with Gasteiger partial charge < -0.3 is 10.6 Å². The van der Waals surface area contributed by atoms with E-state index in [1.165, 1.54) is 49.7 Å². The van der Waals surface area contributed by atoms with Crippen molar-refractivity contribution in [2.24, 2.45) is 11.8 Å². The number of hydrogen-bond donors (Lipinski definition) is 2. The summed E-state index contributed by atoms with van der Waals surface area (Å²) in [4.78, 5) is 0. The lowest BCUT2D eigenvalue weighted by molar-refractivity contribution is 0.264. The Morgan fingerprint density at radius 1 is 0.680 bits per heavy atom. The lowest BCUT2D eigenvalue weighted by atomic mass is 9.80. The van der Waals surface area contributed by atoms with E-state index in [9.17, 15) is 0 Å². The van der Waals surface area contributed by atoms with Crippen LogP contribution in [0.5, 0.6) is 0 Å².